The monoisotopic (exact) mass is 429 g/mol. The van der Waals surface area contributed by atoms with Crippen molar-refractivity contribution in [1.82, 2.24) is 0 Å². The van der Waals surface area contributed by atoms with Crippen LogP contribution < -0.4 is 20.5 Å². The maximum Gasteiger partial charge on any atom is 0.254 e. The van der Waals surface area contributed by atoms with Crippen molar-refractivity contribution in [3.05, 3.63) is 77.4 Å². The summed E-state index contributed by atoms with van der Waals surface area (Å²) in [6, 6.07) is 13.7. The van der Waals surface area contributed by atoms with E-state index in [-0.39, 0.29) is 22.7 Å². The summed E-state index contributed by atoms with van der Waals surface area (Å²) in [4.78, 5) is 12.2. The standard InChI is InChI=1S/C22H21F2N3O2S/c1-3-30-27-15-5-4-6-16(12-15)29-20-11-14(23)10-19(21(20)22(25)28)26-18-8-7-13(2)9-17(18)24/h4-12,26-27H,3H2,1-2H3,(H2,25,28). The van der Waals surface area contributed by atoms with Gasteiger partial charge in [0, 0.05) is 23.6 Å². The molecule has 30 heavy (non-hydrogen) atoms. The summed E-state index contributed by atoms with van der Waals surface area (Å²) in [6.45, 7) is 3.76. The summed E-state index contributed by atoms with van der Waals surface area (Å²) in [7, 11) is 0. The molecule has 4 N–H and O–H groups in total. The predicted octanol–water partition coefficient (Wildman–Crippen LogP) is 5.99. The number of nitrogens with two attached hydrogens (primary N) is 1. The van der Waals surface area contributed by atoms with Crippen LogP contribution in [0.5, 0.6) is 11.5 Å². The minimum absolute atomic E-state index is 0.0103. The molecular weight excluding hydrogens is 408 g/mol. The second-order valence-corrected chi connectivity index (χ2v) is 7.53. The number of carbonyl (C=O) groups excluding carboxylic acids is 1. The molecule has 0 aliphatic rings. The molecule has 5 nitrogen and oxygen atoms in total. The minimum atomic E-state index is -0.837. The van der Waals surface area contributed by atoms with Gasteiger partial charge in [0.25, 0.3) is 5.91 Å². The highest BCUT2D eigenvalue weighted by Gasteiger charge is 2.19. The first-order valence-corrected chi connectivity index (χ1v) is 10.2. The van der Waals surface area contributed by atoms with Gasteiger partial charge in [0.15, 0.2) is 0 Å². The van der Waals surface area contributed by atoms with E-state index in [1.54, 1.807) is 31.2 Å². The van der Waals surface area contributed by atoms with E-state index in [2.05, 4.69) is 10.0 Å². The Balaban J connectivity index is 1.98. The number of nitrogens with one attached hydrogen (secondary N) is 2. The molecular formula is C22H21F2N3O2S. The predicted molar refractivity (Wildman–Crippen MR) is 118 cm³/mol. The summed E-state index contributed by atoms with van der Waals surface area (Å²) in [5, 5.41) is 2.74. The second kappa shape index (κ2) is 9.49. The first-order chi connectivity index (χ1) is 14.4. The van der Waals surface area contributed by atoms with Crippen LogP contribution in [0.3, 0.4) is 0 Å². The van der Waals surface area contributed by atoms with E-state index >= 15 is 0 Å². The fraction of sp³-hybridized carbons (Fsp3) is 0.136. The topological polar surface area (TPSA) is 76.4 Å². The Morgan fingerprint density at radius 3 is 2.60 bits per heavy atom. The van der Waals surface area contributed by atoms with Crippen LogP contribution in [0.4, 0.5) is 25.8 Å². The van der Waals surface area contributed by atoms with Crippen molar-refractivity contribution in [2.75, 3.05) is 15.8 Å². The number of aryl methyl sites for hydroxylation is 1. The molecule has 0 atom stereocenters. The normalized spacial score (nSPS) is 10.5. The van der Waals surface area contributed by atoms with Gasteiger partial charge in [0.1, 0.15) is 28.7 Å². The lowest BCUT2D eigenvalue weighted by Gasteiger charge is -2.16. The molecule has 0 aliphatic carbocycles. The quantitative estimate of drug-likeness (QED) is 0.384. The smallest absolute Gasteiger partial charge is 0.254 e. The van der Waals surface area contributed by atoms with Crippen LogP contribution >= 0.6 is 11.9 Å². The summed E-state index contributed by atoms with van der Waals surface area (Å²) < 4.78 is 37.5. The molecule has 3 aromatic rings. The van der Waals surface area contributed by atoms with Crippen molar-refractivity contribution in [2.24, 2.45) is 5.73 Å². The Labute approximate surface area is 177 Å². The molecule has 0 unspecified atom stereocenters. The van der Waals surface area contributed by atoms with Crippen molar-refractivity contribution in [3.8, 4) is 11.5 Å². The molecule has 8 heteroatoms. The van der Waals surface area contributed by atoms with Crippen molar-refractivity contribution >= 4 is 34.9 Å². The largest absolute Gasteiger partial charge is 0.456 e. The first kappa shape index (κ1) is 21.4. The van der Waals surface area contributed by atoms with E-state index in [1.807, 2.05) is 13.0 Å². The molecule has 0 bridgehead atoms. The van der Waals surface area contributed by atoms with E-state index < -0.39 is 17.5 Å². The van der Waals surface area contributed by atoms with Gasteiger partial charge in [-0.1, -0.05) is 31.0 Å². The molecule has 156 valence electrons. The second-order valence-electron chi connectivity index (χ2n) is 6.46. The van der Waals surface area contributed by atoms with Crippen molar-refractivity contribution in [3.63, 3.8) is 0 Å². The van der Waals surface area contributed by atoms with Gasteiger partial charge in [-0.05, 0) is 42.8 Å². The van der Waals surface area contributed by atoms with Crippen LogP contribution in [0.1, 0.15) is 22.8 Å². The number of rotatable bonds is 8. The highest BCUT2D eigenvalue weighted by Crippen LogP contribution is 2.35. The Bertz CT molecular complexity index is 1080. The van der Waals surface area contributed by atoms with Crippen LogP contribution in [0, 0.1) is 18.6 Å². The van der Waals surface area contributed by atoms with Gasteiger partial charge >= 0.3 is 0 Å². The van der Waals surface area contributed by atoms with Gasteiger partial charge in [-0.2, -0.15) is 0 Å². The maximum absolute atomic E-state index is 14.3. The Kier molecular flexibility index (Phi) is 6.79. The van der Waals surface area contributed by atoms with Crippen LogP contribution in [-0.4, -0.2) is 11.7 Å². The summed E-state index contributed by atoms with van der Waals surface area (Å²) in [5.41, 5.74) is 7.07. The molecule has 0 saturated carbocycles. The summed E-state index contributed by atoms with van der Waals surface area (Å²) in [5.74, 6) is -0.859. The third-order valence-electron chi connectivity index (χ3n) is 4.10. The van der Waals surface area contributed by atoms with Crippen LogP contribution in [-0.2, 0) is 0 Å². The zero-order valence-corrected chi connectivity index (χ0v) is 17.3. The highest BCUT2D eigenvalue weighted by atomic mass is 32.2. The lowest BCUT2D eigenvalue weighted by molar-refractivity contribution is 0.0999. The number of benzene rings is 3. The number of hydrogen-bond acceptors (Lipinski definition) is 5. The van der Waals surface area contributed by atoms with Crippen LogP contribution in [0.2, 0.25) is 0 Å². The number of hydrogen-bond donors (Lipinski definition) is 3. The van der Waals surface area contributed by atoms with E-state index in [0.29, 0.717) is 5.75 Å². The number of carbonyl (C=O) groups is 1. The molecule has 0 aromatic heterocycles. The molecule has 0 radical (unpaired) electrons. The van der Waals surface area contributed by atoms with Crippen LogP contribution in [0.15, 0.2) is 54.6 Å². The highest BCUT2D eigenvalue weighted by molar-refractivity contribution is 8.00. The molecule has 0 saturated heterocycles. The Morgan fingerprint density at radius 1 is 1.10 bits per heavy atom. The summed E-state index contributed by atoms with van der Waals surface area (Å²) in [6.07, 6.45) is 0. The van der Waals surface area contributed by atoms with Gasteiger partial charge in [-0.15, -0.1) is 0 Å². The van der Waals surface area contributed by atoms with Crippen molar-refractivity contribution in [2.45, 2.75) is 13.8 Å². The fourth-order valence-corrected chi connectivity index (χ4v) is 3.23. The average molecular weight is 429 g/mol. The lowest BCUT2D eigenvalue weighted by atomic mass is 10.1. The van der Waals surface area contributed by atoms with Gasteiger partial charge in [-0.25, -0.2) is 8.78 Å². The maximum atomic E-state index is 14.3. The Hall–Kier alpha value is -3.26. The lowest BCUT2D eigenvalue weighted by Crippen LogP contribution is -2.15. The molecule has 1 amide bonds. The Morgan fingerprint density at radius 2 is 1.90 bits per heavy atom. The zero-order chi connectivity index (χ0) is 21.7. The number of anilines is 3. The van der Waals surface area contributed by atoms with E-state index in [9.17, 15) is 13.6 Å². The SMILES string of the molecule is CCSNc1cccc(Oc2cc(F)cc(Nc3ccc(C)cc3F)c2C(N)=O)c1. The minimum Gasteiger partial charge on any atom is -0.456 e. The molecule has 0 spiro atoms. The third-order valence-corrected chi connectivity index (χ3v) is 4.77. The number of primary amides is 1. The van der Waals surface area contributed by atoms with E-state index in [1.165, 1.54) is 24.1 Å². The molecule has 3 aromatic carbocycles. The van der Waals surface area contributed by atoms with E-state index in [0.717, 1.165) is 29.1 Å². The fourth-order valence-electron chi connectivity index (χ4n) is 2.79. The molecule has 0 aliphatic heterocycles. The summed E-state index contributed by atoms with van der Waals surface area (Å²) >= 11 is 1.51. The van der Waals surface area contributed by atoms with Gasteiger partial charge in [0.05, 0.1) is 11.4 Å². The van der Waals surface area contributed by atoms with Crippen molar-refractivity contribution in [1.29, 1.82) is 0 Å². The van der Waals surface area contributed by atoms with Gasteiger partial charge in [-0.3, -0.25) is 4.79 Å². The zero-order valence-electron chi connectivity index (χ0n) is 16.5. The number of amides is 1. The molecule has 0 fully saturated rings. The third kappa shape index (κ3) is 5.21. The number of halogens is 2. The van der Waals surface area contributed by atoms with E-state index in [4.69, 9.17) is 10.5 Å². The van der Waals surface area contributed by atoms with Gasteiger partial charge < -0.3 is 20.5 Å². The van der Waals surface area contributed by atoms with Gasteiger partial charge in [0.2, 0.25) is 0 Å². The van der Waals surface area contributed by atoms with Crippen molar-refractivity contribution < 1.29 is 18.3 Å². The van der Waals surface area contributed by atoms with Crippen LogP contribution in [0.25, 0.3) is 0 Å². The molecule has 0 heterocycles. The first-order valence-electron chi connectivity index (χ1n) is 9.19. The average Bonchev–Trinajstić information content (AvgIpc) is 2.68. The molecule has 3 rings (SSSR count). The number of ether oxygens (including phenoxy) is 1.